The van der Waals surface area contributed by atoms with Crippen LogP contribution in [-0.4, -0.2) is 16.1 Å². The van der Waals surface area contributed by atoms with Crippen molar-refractivity contribution in [1.82, 2.24) is 10.2 Å². The molecule has 0 aliphatic heterocycles. The Hall–Kier alpha value is -3.09. The zero-order chi connectivity index (χ0) is 16.9. The molecule has 3 rings (SSSR count). The van der Waals surface area contributed by atoms with Gasteiger partial charge in [0.05, 0.1) is 5.69 Å². The van der Waals surface area contributed by atoms with Gasteiger partial charge in [0.1, 0.15) is 11.6 Å². The normalized spacial score (nSPS) is 10.6. The van der Waals surface area contributed by atoms with E-state index in [-0.39, 0.29) is 42.0 Å². The molecule has 0 spiro atoms. The van der Waals surface area contributed by atoms with E-state index in [2.05, 4.69) is 15.5 Å². The third-order valence-corrected chi connectivity index (χ3v) is 3.27. The highest BCUT2D eigenvalue weighted by Gasteiger charge is 2.12. The highest BCUT2D eigenvalue weighted by Crippen LogP contribution is 2.19. The molecule has 1 aromatic heterocycles. The van der Waals surface area contributed by atoms with Gasteiger partial charge in [0, 0.05) is 18.4 Å². The molecule has 5 nitrogen and oxygen atoms in total. The third-order valence-electron chi connectivity index (χ3n) is 3.27. The zero-order valence-electron chi connectivity index (χ0n) is 12.5. The van der Waals surface area contributed by atoms with Crippen molar-refractivity contribution >= 4 is 11.6 Å². The molecule has 1 heterocycles. The number of hydrogen-bond acceptors (Lipinski definition) is 4. The molecule has 0 bridgehead atoms. The number of para-hydroxylation sites is 1. The first-order valence-electron chi connectivity index (χ1n) is 7.24. The first-order valence-corrected chi connectivity index (χ1v) is 7.24. The van der Waals surface area contributed by atoms with Crippen molar-refractivity contribution in [3.63, 3.8) is 0 Å². The number of carbonyl (C=O) groups is 1. The van der Waals surface area contributed by atoms with Crippen molar-refractivity contribution in [2.75, 3.05) is 5.32 Å². The Morgan fingerprint density at radius 1 is 1.04 bits per heavy atom. The molecule has 0 fully saturated rings. The summed E-state index contributed by atoms with van der Waals surface area (Å²) in [7, 11) is 0. The van der Waals surface area contributed by atoms with Gasteiger partial charge in [-0.3, -0.25) is 4.79 Å². The fourth-order valence-corrected chi connectivity index (χ4v) is 2.06. The molecular formula is C17H13F2N3O2. The maximum absolute atomic E-state index is 13.5. The Bertz CT molecular complexity index is 847. The average Bonchev–Trinajstić information content (AvgIpc) is 3.05. The second kappa shape index (κ2) is 6.99. The molecule has 0 unspecified atom stereocenters. The van der Waals surface area contributed by atoms with E-state index in [1.165, 1.54) is 36.4 Å². The van der Waals surface area contributed by atoms with Crippen LogP contribution in [0.15, 0.2) is 52.9 Å². The van der Waals surface area contributed by atoms with Crippen molar-refractivity contribution < 1.29 is 18.0 Å². The molecule has 3 aromatic rings. The lowest BCUT2D eigenvalue weighted by Gasteiger charge is -2.04. The van der Waals surface area contributed by atoms with Crippen LogP contribution >= 0.6 is 0 Å². The maximum Gasteiger partial charge on any atom is 0.247 e. The highest BCUT2D eigenvalue weighted by molar-refractivity contribution is 5.90. The van der Waals surface area contributed by atoms with Crippen molar-refractivity contribution in [3.8, 4) is 11.5 Å². The molecule has 0 aliphatic rings. The van der Waals surface area contributed by atoms with Gasteiger partial charge in [0.2, 0.25) is 17.7 Å². The topological polar surface area (TPSA) is 68.0 Å². The zero-order valence-corrected chi connectivity index (χ0v) is 12.5. The number of nitrogens with one attached hydrogen (secondary N) is 1. The Morgan fingerprint density at radius 3 is 2.54 bits per heavy atom. The van der Waals surface area contributed by atoms with Crippen LogP contribution < -0.4 is 5.32 Å². The lowest BCUT2D eigenvalue weighted by molar-refractivity contribution is -0.116. The van der Waals surface area contributed by atoms with Crippen LogP contribution in [0.25, 0.3) is 11.5 Å². The van der Waals surface area contributed by atoms with E-state index in [4.69, 9.17) is 4.42 Å². The van der Waals surface area contributed by atoms with Gasteiger partial charge in [-0.2, -0.15) is 0 Å². The molecule has 0 saturated carbocycles. The quantitative estimate of drug-likeness (QED) is 0.777. The van der Waals surface area contributed by atoms with Gasteiger partial charge in [-0.05, 0) is 36.4 Å². The molecule has 122 valence electrons. The fraction of sp³-hybridized carbons (Fsp3) is 0.118. The van der Waals surface area contributed by atoms with E-state index in [1.54, 1.807) is 12.1 Å². The van der Waals surface area contributed by atoms with Gasteiger partial charge < -0.3 is 9.73 Å². The summed E-state index contributed by atoms with van der Waals surface area (Å²) in [6.07, 6.45) is 0.286. The molecule has 0 saturated heterocycles. The Morgan fingerprint density at radius 2 is 1.79 bits per heavy atom. The molecule has 0 radical (unpaired) electrons. The number of rotatable bonds is 5. The number of aromatic nitrogens is 2. The van der Waals surface area contributed by atoms with Crippen LogP contribution in [0.4, 0.5) is 14.5 Å². The Labute approximate surface area is 136 Å². The molecular weight excluding hydrogens is 316 g/mol. The fourth-order valence-electron chi connectivity index (χ4n) is 2.06. The summed E-state index contributed by atoms with van der Waals surface area (Å²) in [4.78, 5) is 11.8. The van der Waals surface area contributed by atoms with E-state index in [0.29, 0.717) is 5.56 Å². The van der Waals surface area contributed by atoms with Gasteiger partial charge in [-0.1, -0.05) is 12.1 Å². The second-order valence-corrected chi connectivity index (χ2v) is 5.04. The van der Waals surface area contributed by atoms with Crippen LogP contribution in [0.5, 0.6) is 0 Å². The smallest absolute Gasteiger partial charge is 0.247 e. The molecule has 1 N–H and O–H groups in total. The number of amides is 1. The maximum atomic E-state index is 13.5. The minimum atomic E-state index is -0.498. The third kappa shape index (κ3) is 3.81. The van der Waals surface area contributed by atoms with Gasteiger partial charge >= 0.3 is 0 Å². The van der Waals surface area contributed by atoms with Crippen LogP contribution in [0.1, 0.15) is 12.3 Å². The largest absolute Gasteiger partial charge is 0.421 e. The number of nitrogens with zero attached hydrogens (tertiary/aromatic N) is 2. The van der Waals surface area contributed by atoms with Crippen molar-refractivity contribution in [3.05, 3.63) is 66.1 Å². The monoisotopic (exact) mass is 329 g/mol. The first-order chi connectivity index (χ1) is 11.6. The lowest BCUT2D eigenvalue weighted by atomic mass is 10.2. The lowest BCUT2D eigenvalue weighted by Crippen LogP contribution is -2.13. The number of halogens is 2. The van der Waals surface area contributed by atoms with Crippen molar-refractivity contribution in [2.45, 2.75) is 12.8 Å². The summed E-state index contributed by atoms with van der Waals surface area (Å²) in [6, 6.07) is 11.6. The number of anilines is 1. The summed E-state index contributed by atoms with van der Waals surface area (Å²) in [6.45, 7) is 0. The number of aryl methyl sites for hydroxylation is 1. The summed E-state index contributed by atoms with van der Waals surface area (Å²) >= 11 is 0. The Kier molecular flexibility index (Phi) is 4.60. The van der Waals surface area contributed by atoms with Gasteiger partial charge in [-0.25, -0.2) is 8.78 Å². The molecule has 0 aliphatic carbocycles. The van der Waals surface area contributed by atoms with Crippen LogP contribution in [0.2, 0.25) is 0 Å². The summed E-state index contributed by atoms with van der Waals surface area (Å²) in [5.74, 6) is -0.690. The van der Waals surface area contributed by atoms with Gasteiger partial charge in [0.15, 0.2) is 0 Å². The van der Waals surface area contributed by atoms with Crippen molar-refractivity contribution in [1.29, 1.82) is 0 Å². The standard InChI is InChI=1S/C17H13F2N3O2/c18-12-7-5-11(6-8-12)17-22-21-16(24-17)10-9-15(23)20-14-4-2-1-3-13(14)19/h1-8H,9-10H2,(H,20,23). The summed E-state index contributed by atoms with van der Waals surface area (Å²) in [5.41, 5.74) is 0.714. The SMILES string of the molecule is O=C(CCc1nnc(-c2ccc(F)cc2)o1)Nc1ccccc1F. The molecule has 2 aromatic carbocycles. The molecule has 0 atom stereocenters. The molecule has 1 amide bonds. The van der Waals surface area contributed by atoms with Crippen LogP contribution in [-0.2, 0) is 11.2 Å². The van der Waals surface area contributed by atoms with E-state index in [0.717, 1.165) is 0 Å². The van der Waals surface area contributed by atoms with Gasteiger partial charge in [-0.15, -0.1) is 10.2 Å². The predicted molar refractivity (Wildman–Crippen MR) is 83.0 cm³/mol. The van der Waals surface area contributed by atoms with E-state index >= 15 is 0 Å². The minimum Gasteiger partial charge on any atom is -0.421 e. The van der Waals surface area contributed by atoms with E-state index < -0.39 is 5.82 Å². The van der Waals surface area contributed by atoms with Crippen LogP contribution in [0, 0.1) is 11.6 Å². The van der Waals surface area contributed by atoms with E-state index in [1.807, 2.05) is 0 Å². The average molecular weight is 329 g/mol. The second-order valence-electron chi connectivity index (χ2n) is 5.04. The molecule has 24 heavy (non-hydrogen) atoms. The highest BCUT2D eigenvalue weighted by atomic mass is 19.1. The predicted octanol–water partition coefficient (Wildman–Crippen LogP) is 3.59. The number of benzene rings is 2. The first kappa shape index (κ1) is 15.8. The number of carbonyl (C=O) groups excluding carboxylic acids is 1. The summed E-state index contributed by atoms with van der Waals surface area (Å²) < 4.78 is 31.8. The van der Waals surface area contributed by atoms with Gasteiger partial charge in [0.25, 0.3) is 0 Å². The number of hydrogen-bond donors (Lipinski definition) is 1. The Balaban J connectivity index is 1.58. The van der Waals surface area contributed by atoms with Crippen LogP contribution in [0.3, 0.4) is 0 Å². The molecule has 7 heteroatoms. The van der Waals surface area contributed by atoms with Crippen molar-refractivity contribution in [2.24, 2.45) is 0 Å². The van der Waals surface area contributed by atoms with E-state index in [9.17, 15) is 13.6 Å². The summed E-state index contributed by atoms with van der Waals surface area (Å²) in [5, 5.41) is 10.2. The minimum absolute atomic E-state index is 0.0688.